The minimum absolute atomic E-state index is 0. The Morgan fingerprint density at radius 3 is 2.73 bits per heavy atom. The van der Waals surface area contributed by atoms with Gasteiger partial charge in [0, 0.05) is 44.8 Å². The zero-order valence-electron chi connectivity index (χ0n) is 15.4. The molecule has 0 amide bonds. The number of rotatable bonds is 9. The zero-order valence-corrected chi connectivity index (χ0v) is 18.5. The van der Waals surface area contributed by atoms with Crippen molar-refractivity contribution in [2.24, 2.45) is 4.99 Å². The molecule has 0 atom stereocenters. The molecule has 0 aliphatic heterocycles. The number of hydrogen-bond donors (Lipinski definition) is 2. The van der Waals surface area contributed by atoms with Crippen LogP contribution in [0.2, 0.25) is 5.15 Å². The molecular formula is C18H28ClIN6. The van der Waals surface area contributed by atoms with E-state index in [2.05, 4.69) is 37.1 Å². The van der Waals surface area contributed by atoms with E-state index in [-0.39, 0.29) is 24.0 Å². The molecule has 0 spiro atoms. The molecule has 2 rings (SSSR count). The van der Waals surface area contributed by atoms with Gasteiger partial charge in [0.2, 0.25) is 0 Å². The highest BCUT2D eigenvalue weighted by Gasteiger charge is 1.99. The van der Waals surface area contributed by atoms with Gasteiger partial charge in [-0.1, -0.05) is 17.7 Å². The molecular weight excluding hydrogens is 463 g/mol. The van der Waals surface area contributed by atoms with Gasteiger partial charge >= 0.3 is 0 Å². The Hall–Kier alpha value is -1.35. The number of nitrogens with zero attached hydrogens (tertiary/aromatic N) is 4. The fourth-order valence-corrected chi connectivity index (χ4v) is 2.56. The second-order valence-electron chi connectivity index (χ2n) is 5.80. The molecule has 0 radical (unpaired) electrons. The van der Waals surface area contributed by atoms with Crippen molar-refractivity contribution in [2.75, 3.05) is 19.6 Å². The van der Waals surface area contributed by atoms with Gasteiger partial charge in [-0.05, 0) is 44.7 Å². The lowest BCUT2D eigenvalue weighted by molar-refractivity contribution is 0.600. The van der Waals surface area contributed by atoms with Gasteiger partial charge < -0.3 is 15.2 Å². The van der Waals surface area contributed by atoms with Gasteiger partial charge in [0.25, 0.3) is 0 Å². The predicted octanol–water partition coefficient (Wildman–Crippen LogP) is 3.44. The SMILES string of the molecule is CCNC(=NCCCCn1ccnc1C)NCCc1ccc(Cl)nc1.I. The van der Waals surface area contributed by atoms with Crippen LogP contribution in [0.15, 0.2) is 35.7 Å². The van der Waals surface area contributed by atoms with Gasteiger partial charge in [-0.3, -0.25) is 4.99 Å². The molecule has 144 valence electrons. The molecule has 0 saturated carbocycles. The molecule has 2 N–H and O–H groups in total. The third-order valence-electron chi connectivity index (χ3n) is 3.84. The Kier molecular flexibility index (Phi) is 11.3. The number of aliphatic imine (C=N–C) groups is 1. The highest BCUT2D eigenvalue weighted by molar-refractivity contribution is 14.0. The lowest BCUT2D eigenvalue weighted by atomic mass is 10.2. The monoisotopic (exact) mass is 490 g/mol. The fraction of sp³-hybridized carbons (Fsp3) is 0.500. The number of pyridine rings is 1. The molecule has 0 fully saturated rings. The van der Waals surface area contributed by atoms with Crippen LogP contribution in [0.3, 0.4) is 0 Å². The van der Waals surface area contributed by atoms with Crippen molar-refractivity contribution >= 4 is 41.5 Å². The Morgan fingerprint density at radius 2 is 2.08 bits per heavy atom. The second kappa shape index (κ2) is 12.9. The van der Waals surface area contributed by atoms with E-state index in [0.29, 0.717) is 5.15 Å². The number of nitrogens with one attached hydrogen (secondary N) is 2. The van der Waals surface area contributed by atoms with E-state index in [1.807, 2.05) is 37.6 Å². The highest BCUT2D eigenvalue weighted by atomic mass is 127. The number of hydrogen-bond acceptors (Lipinski definition) is 3. The van der Waals surface area contributed by atoms with Crippen LogP contribution in [-0.4, -0.2) is 40.1 Å². The lowest BCUT2D eigenvalue weighted by Gasteiger charge is -2.11. The standard InChI is InChI=1S/C18H27ClN6.HI/c1-3-20-18(23-10-8-16-6-7-17(19)24-14-16)22-9-4-5-12-25-13-11-21-15(25)2;/h6-7,11,13-14H,3-5,8-10,12H2,1-2H3,(H2,20,22,23);1H. The van der Waals surface area contributed by atoms with Crippen LogP contribution in [0, 0.1) is 6.92 Å². The van der Waals surface area contributed by atoms with Crippen molar-refractivity contribution in [3.63, 3.8) is 0 Å². The van der Waals surface area contributed by atoms with Gasteiger partial charge in [0.15, 0.2) is 5.96 Å². The molecule has 26 heavy (non-hydrogen) atoms. The van der Waals surface area contributed by atoms with Crippen molar-refractivity contribution in [1.29, 1.82) is 0 Å². The Labute approximate surface area is 177 Å². The van der Waals surface area contributed by atoms with Crippen molar-refractivity contribution < 1.29 is 0 Å². The van der Waals surface area contributed by atoms with Crippen LogP contribution in [-0.2, 0) is 13.0 Å². The number of guanidine groups is 1. The first kappa shape index (κ1) is 22.7. The first-order chi connectivity index (χ1) is 12.2. The Morgan fingerprint density at radius 1 is 1.23 bits per heavy atom. The molecule has 0 bridgehead atoms. The maximum atomic E-state index is 5.80. The van der Waals surface area contributed by atoms with E-state index in [1.54, 1.807) is 0 Å². The largest absolute Gasteiger partial charge is 0.357 e. The van der Waals surface area contributed by atoms with E-state index in [9.17, 15) is 0 Å². The van der Waals surface area contributed by atoms with E-state index in [4.69, 9.17) is 11.6 Å². The van der Waals surface area contributed by atoms with Crippen molar-refractivity contribution in [2.45, 2.75) is 39.7 Å². The average molecular weight is 491 g/mol. The second-order valence-corrected chi connectivity index (χ2v) is 6.19. The van der Waals surface area contributed by atoms with Gasteiger partial charge in [0.1, 0.15) is 11.0 Å². The highest BCUT2D eigenvalue weighted by Crippen LogP contribution is 2.05. The van der Waals surface area contributed by atoms with Crippen LogP contribution in [0.4, 0.5) is 0 Å². The summed E-state index contributed by atoms with van der Waals surface area (Å²) in [6.07, 6.45) is 8.71. The lowest BCUT2D eigenvalue weighted by Crippen LogP contribution is -2.38. The number of aryl methyl sites for hydroxylation is 2. The summed E-state index contributed by atoms with van der Waals surface area (Å²) < 4.78 is 2.17. The molecule has 2 aromatic heterocycles. The smallest absolute Gasteiger partial charge is 0.191 e. The Bertz CT molecular complexity index is 656. The van der Waals surface area contributed by atoms with Crippen molar-refractivity contribution in [1.82, 2.24) is 25.2 Å². The topological polar surface area (TPSA) is 67.1 Å². The summed E-state index contributed by atoms with van der Waals surface area (Å²) in [5.74, 6) is 1.93. The van der Waals surface area contributed by atoms with Gasteiger partial charge in [-0.15, -0.1) is 24.0 Å². The summed E-state index contributed by atoms with van der Waals surface area (Å²) >= 11 is 5.80. The number of imidazole rings is 1. The van der Waals surface area contributed by atoms with Crippen molar-refractivity contribution in [3.8, 4) is 0 Å². The van der Waals surface area contributed by atoms with Crippen molar-refractivity contribution in [3.05, 3.63) is 47.3 Å². The van der Waals surface area contributed by atoms with Crippen LogP contribution in [0.25, 0.3) is 0 Å². The Balaban J connectivity index is 0.00000338. The van der Waals surface area contributed by atoms with Crippen LogP contribution >= 0.6 is 35.6 Å². The third-order valence-corrected chi connectivity index (χ3v) is 4.06. The summed E-state index contributed by atoms with van der Waals surface area (Å²) in [7, 11) is 0. The minimum Gasteiger partial charge on any atom is -0.357 e. The van der Waals surface area contributed by atoms with Crippen LogP contribution in [0.5, 0.6) is 0 Å². The number of halogens is 2. The summed E-state index contributed by atoms with van der Waals surface area (Å²) in [6.45, 7) is 7.57. The van der Waals surface area contributed by atoms with E-state index in [0.717, 1.165) is 62.8 Å². The van der Waals surface area contributed by atoms with E-state index < -0.39 is 0 Å². The fourth-order valence-electron chi connectivity index (χ4n) is 2.45. The molecule has 0 saturated heterocycles. The summed E-state index contributed by atoms with van der Waals surface area (Å²) in [6, 6.07) is 3.82. The maximum Gasteiger partial charge on any atom is 0.191 e. The van der Waals surface area contributed by atoms with Gasteiger partial charge in [-0.2, -0.15) is 0 Å². The molecule has 0 aromatic carbocycles. The summed E-state index contributed by atoms with van der Waals surface area (Å²) in [5.41, 5.74) is 1.16. The molecule has 6 nitrogen and oxygen atoms in total. The first-order valence-corrected chi connectivity index (χ1v) is 9.17. The minimum atomic E-state index is 0. The summed E-state index contributed by atoms with van der Waals surface area (Å²) in [4.78, 5) is 13.0. The predicted molar refractivity (Wildman–Crippen MR) is 119 cm³/mol. The number of aromatic nitrogens is 3. The molecule has 2 aromatic rings. The molecule has 2 heterocycles. The first-order valence-electron chi connectivity index (χ1n) is 8.79. The number of unbranched alkanes of at least 4 members (excludes halogenated alkanes) is 1. The molecule has 8 heteroatoms. The normalized spacial score (nSPS) is 11.1. The molecule has 0 aliphatic rings. The summed E-state index contributed by atoms with van der Waals surface area (Å²) in [5, 5.41) is 7.16. The molecule has 0 unspecified atom stereocenters. The quantitative estimate of drug-likeness (QED) is 0.186. The zero-order chi connectivity index (χ0) is 17.9. The van der Waals surface area contributed by atoms with Gasteiger partial charge in [0.05, 0.1) is 0 Å². The third kappa shape index (κ3) is 8.35. The van der Waals surface area contributed by atoms with E-state index in [1.165, 1.54) is 0 Å². The van der Waals surface area contributed by atoms with E-state index >= 15 is 0 Å². The average Bonchev–Trinajstić information content (AvgIpc) is 3.01. The van der Waals surface area contributed by atoms with Crippen LogP contribution in [0.1, 0.15) is 31.2 Å². The molecule has 0 aliphatic carbocycles. The maximum absolute atomic E-state index is 5.80. The van der Waals surface area contributed by atoms with Crippen LogP contribution < -0.4 is 10.6 Å². The van der Waals surface area contributed by atoms with Gasteiger partial charge in [-0.25, -0.2) is 9.97 Å².